The molecule has 3 rings (SSSR count). The number of thioether (sulfide) groups is 1. The summed E-state index contributed by atoms with van der Waals surface area (Å²) in [6.07, 6.45) is 0. The summed E-state index contributed by atoms with van der Waals surface area (Å²) in [5.74, 6) is -0.966. The van der Waals surface area contributed by atoms with Crippen molar-refractivity contribution in [1.29, 1.82) is 0 Å². The smallest absolute Gasteiger partial charge is 0.338 e. The number of ether oxygens (including phenoxy) is 1. The van der Waals surface area contributed by atoms with E-state index in [1.807, 2.05) is 0 Å². The highest BCUT2D eigenvalue weighted by molar-refractivity contribution is 7.99. The van der Waals surface area contributed by atoms with E-state index in [4.69, 9.17) is 4.74 Å². The van der Waals surface area contributed by atoms with E-state index in [-0.39, 0.29) is 17.5 Å². The molecule has 0 aliphatic carbocycles. The zero-order valence-corrected chi connectivity index (χ0v) is 15.6. The minimum Gasteiger partial charge on any atom is -0.462 e. The molecule has 8 nitrogen and oxygen atoms in total. The standard InChI is InChI=1S/C18H16FN5O3S/c1-2-27-17(26)12-3-7-14(8-4-12)20-16(25)11-28-18-21-22-23-24(18)15-9-5-13(19)6-10-15/h3-10H,2,11H2,1H3,(H,20,25). The van der Waals surface area contributed by atoms with Crippen molar-refractivity contribution >= 4 is 29.3 Å². The number of carbonyl (C=O) groups excluding carboxylic acids is 2. The molecule has 0 fully saturated rings. The van der Waals surface area contributed by atoms with Crippen molar-refractivity contribution in [1.82, 2.24) is 20.2 Å². The highest BCUT2D eigenvalue weighted by atomic mass is 32.2. The van der Waals surface area contributed by atoms with Crippen LogP contribution in [0.1, 0.15) is 17.3 Å². The number of esters is 1. The van der Waals surface area contributed by atoms with Crippen molar-refractivity contribution in [2.75, 3.05) is 17.7 Å². The number of nitrogens with zero attached hydrogens (tertiary/aromatic N) is 4. The predicted octanol–water partition coefficient (Wildman–Crippen LogP) is 2.71. The number of hydrogen-bond acceptors (Lipinski definition) is 7. The summed E-state index contributed by atoms with van der Waals surface area (Å²) in [4.78, 5) is 23.8. The van der Waals surface area contributed by atoms with Gasteiger partial charge in [-0.05, 0) is 65.9 Å². The van der Waals surface area contributed by atoms with E-state index in [1.165, 1.54) is 16.8 Å². The molecule has 1 N–H and O–H groups in total. The first-order chi connectivity index (χ1) is 13.6. The van der Waals surface area contributed by atoms with Crippen LogP contribution in [0.2, 0.25) is 0 Å². The van der Waals surface area contributed by atoms with Gasteiger partial charge in [0.1, 0.15) is 5.82 Å². The first-order valence-electron chi connectivity index (χ1n) is 8.31. The highest BCUT2D eigenvalue weighted by Gasteiger charge is 2.12. The molecule has 0 saturated carbocycles. The summed E-state index contributed by atoms with van der Waals surface area (Å²) >= 11 is 1.14. The van der Waals surface area contributed by atoms with E-state index < -0.39 is 5.97 Å². The number of tetrazole rings is 1. The third kappa shape index (κ3) is 4.92. The number of rotatable bonds is 7. The van der Waals surface area contributed by atoms with Gasteiger partial charge in [-0.15, -0.1) is 5.10 Å². The Kier molecular flexibility index (Phi) is 6.33. The minimum atomic E-state index is -0.413. The molecule has 28 heavy (non-hydrogen) atoms. The first-order valence-corrected chi connectivity index (χ1v) is 9.29. The Balaban J connectivity index is 1.57. The number of hydrogen-bond donors (Lipinski definition) is 1. The molecule has 1 heterocycles. The van der Waals surface area contributed by atoms with Crippen LogP contribution in [-0.2, 0) is 9.53 Å². The van der Waals surface area contributed by atoms with Crippen molar-refractivity contribution in [3.8, 4) is 5.69 Å². The average molecular weight is 401 g/mol. The van der Waals surface area contributed by atoms with Gasteiger partial charge in [0, 0.05) is 5.69 Å². The topological polar surface area (TPSA) is 99.0 Å². The fourth-order valence-corrected chi connectivity index (χ4v) is 2.94. The molecule has 0 atom stereocenters. The molecule has 0 unspecified atom stereocenters. The molecule has 1 amide bonds. The van der Waals surface area contributed by atoms with Crippen LogP contribution >= 0.6 is 11.8 Å². The molecule has 1 aromatic heterocycles. The van der Waals surface area contributed by atoms with Crippen LogP contribution in [0, 0.1) is 5.82 Å². The van der Waals surface area contributed by atoms with Crippen LogP contribution in [0.3, 0.4) is 0 Å². The van der Waals surface area contributed by atoms with Crippen molar-refractivity contribution in [2.45, 2.75) is 12.1 Å². The van der Waals surface area contributed by atoms with E-state index in [2.05, 4.69) is 20.8 Å². The number of benzene rings is 2. The fraction of sp³-hybridized carbons (Fsp3) is 0.167. The lowest BCUT2D eigenvalue weighted by Gasteiger charge is -2.07. The molecule has 3 aromatic rings. The third-order valence-corrected chi connectivity index (χ3v) is 4.44. The molecule has 0 bridgehead atoms. The van der Waals surface area contributed by atoms with Crippen LogP contribution in [0.15, 0.2) is 53.7 Å². The Labute approximate surface area is 164 Å². The molecule has 0 saturated heterocycles. The first kappa shape index (κ1) is 19.5. The van der Waals surface area contributed by atoms with Gasteiger partial charge < -0.3 is 10.1 Å². The van der Waals surface area contributed by atoms with E-state index >= 15 is 0 Å². The summed E-state index contributed by atoms with van der Waals surface area (Å²) < 4.78 is 19.4. The molecule has 144 valence electrons. The molecule has 0 aliphatic rings. The molecule has 0 radical (unpaired) electrons. The Bertz CT molecular complexity index is 960. The normalized spacial score (nSPS) is 10.5. The fourth-order valence-electron chi connectivity index (χ4n) is 2.24. The number of halogens is 1. The van der Waals surface area contributed by atoms with Crippen LogP contribution in [-0.4, -0.2) is 44.4 Å². The Morgan fingerprint density at radius 1 is 1.14 bits per heavy atom. The number of aromatic nitrogens is 4. The molecule has 10 heteroatoms. The molecule has 0 spiro atoms. The number of nitrogens with one attached hydrogen (secondary N) is 1. The Morgan fingerprint density at radius 3 is 2.54 bits per heavy atom. The second-order valence-corrected chi connectivity index (χ2v) is 6.43. The Morgan fingerprint density at radius 2 is 1.86 bits per heavy atom. The highest BCUT2D eigenvalue weighted by Crippen LogP contribution is 2.19. The minimum absolute atomic E-state index is 0.0706. The zero-order valence-electron chi connectivity index (χ0n) is 14.8. The van der Waals surface area contributed by atoms with Crippen molar-refractivity contribution in [3.63, 3.8) is 0 Å². The van der Waals surface area contributed by atoms with Crippen LogP contribution in [0.5, 0.6) is 0 Å². The molecular weight excluding hydrogens is 385 g/mol. The molecular formula is C18H16FN5O3S. The number of amides is 1. The number of carbonyl (C=O) groups is 2. The average Bonchev–Trinajstić information content (AvgIpc) is 3.16. The van der Waals surface area contributed by atoms with Gasteiger partial charge in [-0.25, -0.2) is 9.18 Å². The second kappa shape index (κ2) is 9.09. The monoisotopic (exact) mass is 401 g/mol. The quantitative estimate of drug-likeness (QED) is 0.480. The van der Waals surface area contributed by atoms with Gasteiger partial charge in [0.2, 0.25) is 11.1 Å². The van der Waals surface area contributed by atoms with E-state index in [0.29, 0.717) is 28.7 Å². The third-order valence-electron chi connectivity index (χ3n) is 3.52. The molecule has 2 aromatic carbocycles. The van der Waals surface area contributed by atoms with Gasteiger partial charge in [-0.3, -0.25) is 4.79 Å². The maximum Gasteiger partial charge on any atom is 0.338 e. The summed E-state index contributed by atoms with van der Waals surface area (Å²) in [7, 11) is 0. The lowest BCUT2D eigenvalue weighted by molar-refractivity contribution is -0.113. The van der Waals surface area contributed by atoms with E-state index in [9.17, 15) is 14.0 Å². The second-order valence-electron chi connectivity index (χ2n) is 5.48. The van der Waals surface area contributed by atoms with Gasteiger partial charge in [0.25, 0.3) is 0 Å². The van der Waals surface area contributed by atoms with Crippen molar-refractivity contribution < 1.29 is 18.7 Å². The summed E-state index contributed by atoms with van der Waals surface area (Å²) in [6, 6.07) is 12.1. The van der Waals surface area contributed by atoms with Crippen LogP contribution < -0.4 is 5.32 Å². The lowest BCUT2D eigenvalue weighted by Crippen LogP contribution is -2.15. The van der Waals surface area contributed by atoms with Gasteiger partial charge in [-0.2, -0.15) is 4.68 Å². The van der Waals surface area contributed by atoms with Crippen molar-refractivity contribution in [3.05, 3.63) is 59.9 Å². The maximum atomic E-state index is 13.1. The van der Waals surface area contributed by atoms with E-state index in [1.54, 1.807) is 43.3 Å². The Hall–Kier alpha value is -3.27. The summed E-state index contributed by atoms with van der Waals surface area (Å²) in [5.41, 5.74) is 1.55. The van der Waals surface area contributed by atoms with Crippen LogP contribution in [0.25, 0.3) is 5.69 Å². The van der Waals surface area contributed by atoms with Crippen molar-refractivity contribution in [2.24, 2.45) is 0 Å². The van der Waals surface area contributed by atoms with Gasteiger partial charge >= 0.3 is 5.97 Å². The van der Waals surface area contributed by atoms with E-state index in [0.717, 1.165) is 11.8 Å². The molecule has 0 aliphatic heterocycles. The van der Waals surface area contributed by atoms with Crippen LogP contribution in [0.4, 0.5) is 10.1 Å². The lowest BCUT2D eigenvalue weighted by atomic mass is 10.2. The van der Waals surface area contributed by atoms with Gasteiger partial charge in [-0.1, -0.05) is 11.8 Å². The largest absolute Gasteiger partial charge is 0.462 e. The SMILES string of the molecule is CCOC(=O)c1ccc(NC(=O)CSc2nnnn2-c2ccc(F)cc2)cc1. The zero-order chi connectivity index (χ0) is 19.9. The predicted molar refractivity (Wildman–Crippen MR) is 101 cm³/mol. The van der Waals surface area contributed by atoms with Gasteiger partial charge in [0.05, 0.1) is 23.6 Å². The maximum absolute atomic E-state index is 13.1. The summed E-state index contributed by atoms with van der Waals surface area (Å²) in [5, 5.41) is 14.5. The van der Waals surface area contributed by atoms with Gasteiger partial charge in [0.15, 0.2) is 0 Å². The number of anilines is 1. The summed E-state index contributed by atoms with van der Waals surface area (Å²) in [6.45, 7) is 2.03.